The summed E-state index contributed by atoms with van der Waals surface area (Å²) in [5.41, 5.74) is 1.45. The summed E-state index contributed by atoms with van der Waals surface area (Å²) in [5.74, 6) is 0. The molecule has 0 aliphatic rings. The molecule has 2 aromatic carbocycles. The molecule has 2 rings (SSSR count). The molecule has 0 bridgehead atoms. The molecule has 9 heteroatoms. The SMILES string of the molecule is CC(NC(=O)Nc1ccc(Cl)cc1Cl)c1ccccc1NS(C)(=O)=O. The molecule has 1 unspecified atom stereocenters. The second kappa shape index (κ2) is 7.95. The summed E-state index contributed by atoms with van der Waals surface area (Å²) in [7, 11) is -3.43. The zero-order chi connectivity index (χ0) is 18.6. The van der Waals surface area contributed by atoms with Crippen LogP contribution in [-0.4, -0.2) is 20.7 Å². The van der Waals surface area contributed by atoms with Gasteiger partial charge in [0, 0.05) is 5.02 Å². The van der Waals surface area contributed by atoms with Gasteiger partial charge in [-0.3, -0.25) is 4.72 Å². The van der Waals surface area contributed by atoms with Crippen molar-refractivity contribution in [2.75, 3.05) is 16.3 Å². The molecule has 0 aromatic heterocycles. The van der Waals surface area contributed by atoms with Gasteiger partial charge in [0.25, 0.3) is 0 Å². The first-order valence-electron chi connectivity index (χ1n) is 7.25. The van der Waals surface area contributed by atoms with Crippen molar-refractivity contribution in [3.05, 3.63) is 58.1 Å². The zero-order valence-corrected chi connectivity index (χ0v) is 15.8. The predicted molar refractivity (Wildman–Crippen MR) is 102 cm³/mol. The average molecular weight is 402 g/mol. The lowest BCUT2D eigenvalue weighted by Crippen LogP contribution is -2.31. The van der Waals surface area contributed by atoms with E-state index in [9.17, 15) is 13.2 Å². The molecular weight excluding hydrogens is 385 g/mol. The molecule has 6 nitrogen and oxygen atoms in total. The van der Waals surface area contributed by atoms with E-state index < -0.39 is 22.1 Å². The van der Waals surface area contributed by atoms with Crippen LogP contribution >= 0.6 is 23.2 Å². The number of sulfonamides is 1. The molecule has 0 fully saturated rings. The van der Waals surface area contributed by atoms with Crippen LogP contribution < -0.4 is 15.4 Å². The van der Waals surface area contributed by atoms with Crippen molar-refractivity contribution in [3.8, 4) is 0 Å². The number of para-hydroxylation sites is 1. The number of carbonyl (C=O) groups excluding carboxylic acids is 1. The highest BCUT2D eigenvalue weighted by Crippen LogP contribution is 2.26. The number of nitrogens with one attached hydrogen (secondary N) is 3. The van der Waals surface area contributed by atoms with Crippen LogP contribution in [0.5, 0.6) is 0 Å². The highest BCUT2D eigenvalue weighted by Gasteiger charge is 2.15. The molecule has 0 aliphatic heterocycles. The highest BCUT2D eigenvalue weighted by atomic mass is 35.5. The number of hydrogen-bond donors (Lipinski definition) is 3. The average Bonchev–Trinajstić information content (AvgIpc) is 2.49. The van der Waals surface area contributed by atoms with Gasteiger partial charge >= 0.3 is 6.03 Å². The molecule has 0 aliphatic carbocycles. The van der Waals surface area contributed by atoms with E-state index in [0.717, 1.165) is 6.26 Å². The van der Waals surface area contributed by atoms with Gasteiger partial charge in [0.05, 0.1) is 28.7 Å². The number of hydrogen-bond acceptors (Lipinski definition) is 3. The van der Waals surface area contributed by atoms with Gasteiger partial charge in [-0.1, -0.05) is 41.4 Å². The Morgan fingerprint density at radius 2 is 1.76 bits per heavy atom. The summed E-state index contributed by atoms with van der Waals surface area (Å²) in [6.45, 7) is 1.74. The Morgan fingerprint density at radius 1 is 1.08 bits per heavy atom. The maximum atomic E-state index is 12.2. The minimum absolute atomic E-state index is 0.314. The number of benzene rings is 2. The van der Waals surface area contributed by atoms with E-state index in [4.69, 9.17) is 23.2 Å². The molecule has 134 valence electrons. The van der Waals surface area contributed by atoms with Crippen molar-refractivity contribution in [1.82, 2.24) is 5.32 Å². The summed E-state index contributed by atoms with van der Waals surface area (Å²) < 4.78 is 25.4. The van der Waals surface area contributed by atoms with Crippen LogP contribution in [0.2, 0.25) is 10.0 Å². The van der Waals surface area contributed by atoms with Crippen LogP contribution in [0.25, 0.3) is 0 Å². The molecule has 0 heterocycles. The van der Waals surface area contributed by atoms with Gasteiger partial charge in [-0.2, -0.15) is 0 Å². The van der Waals surface area contributed by atoms with Crippen molar-refractivity contribution in [2.24, 2.45) is 0 Å². The predicted octanol–water partition coefficient (Wildman–Crippen LogP) is 4.25. The zero-order valence-electron chi connectivity index (χ0n) is 13.5. The van der Waals surface area contributed by atoms with Gasteiger partial charge in [0.2, 0.25) is 10.0 Å². The van der Waals surface area contributed by atoms with Crippen LogP contribution in [0.4, 0.5) is 16.2 Å². The summed E-state index contributed by atoms with van der Waals surface area (Å²) in [6, 6.07) is 10.6. The fourth-order valence-electron chi connectivity index (χ4n) is 2.19. The monoisotopic (exact) mass is 401 g/mol. The Hall–Kier alpha value is -1.96. The first-order chi connectivity index (χ1) is 11.7. The Labute approximate surface area is 156 Å². The number of halogens is 2. The molecule has 1 atom stereocenters. The highest BCUT2D eigenvalue weighted by molar-refractivity contribution is 7.92. The topological polar surface area (TPSA) is 87.3 Å². The minimum atomic E-state index is -3.43. The molecule has 0 spiro atoms. The van der Waals surface area contributed by atoms with E-state index in [-0.39, 0.29) is 0 Å². The number of carbonyl (C=O) groups is 1. The molecule has 2 aromatic rings. The van der Waals surface area contributed by atoms with Crippen molar-refractivity contribution < 1.29 is 13.2 Å². The van der Waals surface area contributed by atoms with Crippen molar-refractivity contribution >= 4 is 50.6 Å². The smallest absolute Gasteiger partial charge is 0.319 e. The van der Waals surface area contributed by atoms with Crippen molar-refractivity contribution in [2.45, 2.75) is 13.0 Å². The number of rotatable bonds is 5. The number of amides is 2. The van der Waals surface area contributed by atoms with E-state index in [2.05, 4.69) is 15.4 Å². The second-order valence-electron chi connectivity index (χ2n) is 5.41. The third kappa shape index (κ3) is 5.81. The Balaban J connectivity index is 2.11. The van der Waals surface area contributed by atoms with Crippen LogP contribution in [-0.2, 0) is 10.0 Å². The standard InChI is InChI=1S/C16H17Cl2N3O3S/c1-10(12-5-3-4-6-14(12)21-25(2,23)24)19-16(22)20-15-8-7-11(17)9-13(15)18/h3-10,21H,1-2H3,(H2,19,20,22). The Morgan fingerprint density at radius 3 is 2.40 bits per heavy atom. The van der Waals surface area contributed by atoms with E-state index in [1.807, 2.05) is 0 Å². The van der Waals surface area contributed by atoms with Crippen LogP contribution in [0, 0.1) is 0 Å². The van der Waals surface area contributed by atoms with Crippen molar-refractivity contribution in [1.29, 1.82) is 0 Å². The van der Waals surface area contributed by atoms with Gasteiger partial charge in [0.15, 0.2) is 0 Å². The van der Waals surface area contributed by atoms with Gasteiger partial charge in [-0.15, -0.1) is 0 Å². The molecule has 0 saturated carbocycles. The summed E-state index contributed by atoms with van der Waals surface area (Å²) in [6.07, 6.45) is 1.07. The summed E-state index contributed by atoms with van der Waals surface area (Å²) in [5, 5.41) is 6.14. The molecule has 3 N–H and O–H groups in total. The lowest BCUT2D eigenvalue weighted by atomic mass is 10.1. The van der Waals surface area contributed by atoms with E-state index in [1.165, 1.54) is 6.07 Å². The fraction of sp³-hybridized carbons (Fsp3) is 0.188. The van der Waals surface area contributed by atoms with Gasteiger partial charge < -0.3 is 10.6 Å². The second-order valence-corrected chi connectivity index (χ2v) is 8.00. The number of anilines is 2. The van der Waals surface area contributed by atoms with Gasteiger partial charge in [0.1, 0.15) is 0 Å². The first kappa shape index (κ1) is 19.4. The molecular formula is C16H17Cl2N3O3S. The first-order valence-corrected chi connectivity index (χ1v) is 9.90. The largest absolute Gasteiger partial charge is 0.331 e. The van der Waals surface area contributed by atoms with Crippen LogP contribution in [0.3, 0.4) is 0 Å². The molecule has 25 heavy (non-hydrogen) atoms. The Bertz CT molecular complexity index is 888. The van der Waals surface area contributed by atoms with Gasteiger partial charge in [-0.25, -0.2) is 13.2 Å². The molecule has 0 radical (unpaired) electrons. The lowest BCUT2D eigenvalue weighted by Gasteiger charge is -2.19. The van der Waals surface area contributed by atoms with E-state index in [0.29, 0.717) is 27.0 Å². The van der Waals surface area contributed by atoms with Gasteiger partial charge in [-0.05, 0) is 36.8 Å². The number of urea groups is 1. The molecule has 0 saturated heterocycles. The summed E-state index contributed by atoms with van der Waals surface area (Å²) >= 11 is 11.8. The minimum Gasteiger partial charge on any atom is -0.331 e. The van der Waals surface area contributed by atoms with E-state index >= 15 is 0 Å². The van der Waals surface area contributed by atoms with E-state index in [1.54, 1.807) is 43.3 Å². The third-order valence-electron chi connectivity index (χ3n) is 3.25. The lowest BCUT2D eigenvalue weighted by molar-refractivity contribution is 0.249. The van der Waals surface area contributed by atoms with Crippen LogP contribution in [0.1, 0.15) is 18.5 Å². The Kier molecular flexibility index (Phi) is 6.16. The fourth-order valence-corrected chi connectivity index (χ4v) is 3.23. The normalized spacial score (nSPS) is 12.3. The molecule has 2 amide bonds. The maximum absolute atomic E-state index is 12.2. The van der Waals surface area contributed by atoms with Crippen LogP contribution in [0.15, 0.2) is 42.5 Å². The third-order valence-corrected chi connectivity index (χ3v) is 4.39. The maximum Gasteiger partial charge on any atom is 0.319 e. The quantitative estimate of drug-likeness (QED) is 0.699. The van der Waals surface area contributed by atoms with Crippen molar-refractivity contribution in [3.63, 3.8) is 0 Å². The summed E-state index contributed by atoms with van der Waals surface area (Å²) in [4.78, 5) is 12.2.